The number of amides is 1. The van der Waals surface area contributed by atoms with Crippen molar-refractivity contribution >= 4 is 29.3 Å². The van der Waals surface area contributed by atoms with Gasteiger partial charge in [-0.3, -0.25) is 4.79 Å². The Bertz CT molecular complexity index is 763. The highest BCUT2D eigenvalue weighted by molar-refractivity contribution is 8.00. The van der Waals surface area contributed by atoms with Crippen LogP contribution in [0, 0.1) is 0 Å². The molecule has 0 N–H and O–H groups in total. The molecule has 0 radical (unpaired) electrons. The monoisotopic (exact) mass is 327 g/mol. The number of para-hydroxylation sites is 1. The zero-order valence-electron chi connectivity index (χ0n) is 12.6. The van der Waals surface area contributed by atoms with Crippen LogP contribution in [-0.2, 0) is 11.2 Å². The molecule has 23 heavy (non-hydrogen) atoms. The number of fused-ring (bicyclic) bond motifs is 1. The van der Waals surface area contributed by atoms with Crippen molar-refractivity contribution in [2.45, 2.75) is 24.4 Å². The number of carbonyl (C=O) groups is 2. The molecule has 118 valence electrons. The topological polar surface area (TPSA) is 73.3 Å². The first-order valence-electron chi connectivity index (χ1n) is 7.27. The Morgan fingerprint density at radius 1 is 1.30 bits per heavy atom. The maximum absolute atomic E-state index is 12.6. The quantitative estimate of drug-likeness (QED) is 0.796. The minimum atomic E-state index is -1.28. The number of pyridine rings is 1. The van der Waals surface area contributed by atoms with Crippen LogP contribution in [0.2, 0.25) is 0 Å². The highest BCUT2D eigenvalue weighted by Gasteiger charge is 2.30. The number of carboxylic acids is 1. The third kappa shape index (κ3) is 3.07. The number of hydrogen-bond donors (Lipinski definition) is 0. The van der Waals surface area contributed by atoms with E-state index in [1.54, 1.807) is 4.90 Å². The van der Waals surface area contributed by atoms with E-state index in [-0.39, 0.29) is 23.3 Å². The van der Waals surface area contributed by atoms with Crippen LogP contribution in [0.1, 0.15) is 22.8 Å². The Hall–Kier alpha value is -2.34. The van der Waals surface area contributed by atoms with Gasteiger partial charge in [-0.2, -0.15) is 0 Å². The third-order valence-corrected chi connectivity index (χ3v) is 4.79. The molecule has 3 rings (SSSR count). The Morgan fingerprint density at radius 3 is 2.87 bits per heavy atom. The lowest BCUT2D eigenvalue weighted by atomic mass is 10.1. The molecule has 0 fully saturated rings. The number of anilines is 1. The normalized spacial score (nSPS) is 16.2. The van der Waals surface area contributed by atoms with Crippen molar-refractivity contribution in [1.82, 2.24) is 4.98 Å². The van der Waals surface area contributed by atoms with Crippen molar-refractivity contribution in [2.24, 2.45) is 0 Å². The fourth-order valence-electron chi connectivity index (χ4n) is 2.81. The molecule has 1 aliphatic heterocycles. The van der Waals surface area contributed by atoms with Crippen LogP contribution >= 0.6 is 11.8 Å². The van der Waals surface area contributed by atoms with Crippen LogP contribution < -0.4 is 10.0 Å². The van der Waals surface area contributed by atoms with Gasteiger partial charge in [0.1, 0.15) is 5.03 Å². The fraction of sp³-hybridized carbons (Fsp3) is 0.235. The van der Waals surface area contributed by atoms with Crippen molar-refractivity contribution in [3.05, 3.63) is 53.7 Å². The molecule has 2 heterocycles. The standard InChI is InChI=1S/C17H16N2O3S/c1-11-9-12-5-2-3-7-14(12)19(11)15(20)10-23-16-13(17(21)22)6-4-8-18-16/h2-8,11H,9-10H2,1H3,(H,21,22)/p-1/t11-/m0/s1. The van der Waals surface area contributed by atoms with E-state index in [9.17, 15) is 14.7 Å². The van der Waals surface area contributed by atoms with Gasteiger partial charge in [0.25, 0.3) is 0 Å². The summed E-state index contributed by atoms with van der Waals surface area (Å²) in [6, 6.07) is 10.9. The lowest BCUT2D eigenvalue weighted by Crippen LogP contribution is -2.37. The van der Waals surface area contributed by atoms with Gasteiger partial charge in [0.15, 0.2) is 0 Å². The summed E-state index contributed by atoms with van der Waals surface area (Å²) in [5, 5.41) is 11.4. The lowest BCUT2D eigenvalue weighted by molar-refractivity contribution is -0.255. The summed E-state index contributed by atoms with van der Waals surface area (Å²) in [6.45, 7) is 2.01. The largest absolute Gasteiger partial charge is 0.545 e. The molecule has 6 heteroatoms. The number of aromatic carboxylic acids is 1. The molecule has 0 saturated heterocycles. The predicted molar refractivity (Wildman–Crippen MR) is 86.4 cm³/mol. The first kappa shape index (κ1) is 15.6. The maximum Gasteiger partial charge on any atom is 0.237 e. The summed E-state index contributed by atoms with van der Waals surface area (Å²) in [6.07, 6.45) is 2.34. The first-order valence-corrected chi connectivity index (χ1v) is 8.25. The van der Waals surface area contributed by atoms with Crippen LogP contribution in [-0.4, -0.2) is 28.7 Å². The van der Waals surface area contributed by atoms with Gasteiger partial charge in [0.2, 0.25) is 5.91 Å². The summed E-state index contributed by atoms with van der Waals surface area (Å²) in [7, 11) is 0. The predicted octanol–water partition coefficient (Wildman–Crippen LogP) is 1.51. The van der Waals surface area contributed by atoms with Gasteiger partial charge in [0, 0.05) is 23.5 Å². The van der Waals surface area contributed by atoms with Crippen LogP contribution in [0.25, 0.3) is 0 Å². The molecular weight excluding hydrogens is 312 g/mol. The summed E-state index contributed by atoms with van der Waals surface area (Å²) < 4.78 is 0. The number of nitrogens with zero attached hydrogens (tertiary/aromatic N) is 2. The minimum Gasteiger partial charge on any atom is -0.545 e. The van der Waals surface area contributed by atoms with Crippen LogP contribution in [0.15, 0.2) is 47.6 Å². The second-order valence-corrected chi connectivity index (χ2v) is 6.34. The first-order chi connectivity index (χ1) is 11.1. The van der Waals surface area contributed by atoms with Crippen molar-refractivity contribution in [2.75, 3.05) is 10.7 Å². The highest BCUT2D eigenvalue weighted by Crippen LogP contribution is 2.32. The number of hydrogen-bond acceptors (Lipinski definition) is 5. The number of benzene rings is 1. The minimum absolute atomic E-state index is 0.0140. The Labute approximate surface area is 138 Å². The molecule has 5 nitrogen and oxygen atoms in total. The van der Waals surface area contributed by atoms with Crippen LogP contribution in [0.3, 0.4) is 0 Å². The molecule has 1 aliphatic rings. The van der Waals surface area contributed by atoms with E-state index in [2.05, 4.69) is 4.98 Å². The number of thioether (sulfide) groups is 1. The number of rotatable bonds is 4. The van der Waals surface area contributed by atoms with E-state index >= 15 is 0 Å². The van der Waals surface area contributed by atoms with Crippen molar-refractivity contribution in [3.8, 4) is 0 Å². The van der Waals surface area contributed by atoms with E-state index in [0.29, 0.717) is 5.03 Å². The van der Waals surface area contributed by atoms with Gasteiger partial charge in [-0.05, 0) is 37.1 Å². The molecule has 1 aromatic heterocycles. The second-order valence-electron chi connectivity index (χ2n) is 5.38. The fourth-order valence-corrected chi connectivity index (χ4v) is 3.65. The van der Waals surface area contributed by atoms with Gasteiger partial charge >= 0.3 is 0 Å². The molecule has 0 saturated carbocycles. The summed E-state index contributed by atoms with van der Waals surface area (Å²) in [5.74, 6) is -1.20. The molecule has 0 aliphatic carbocycles. The van der Waals surface area contributed by atoms with E-state index < -0.39 is 5.97 Å². The summed E-state index contributed by atoms with van der Waals surface area (Å²) in [4.78, 5) is 29.5. The summed E-state index contributed by atoms with van der Waals surface area (Å²) >= 11 is 1.12. The molecule has 0 spiro atoms. The number of carboxylic acid groups (broad SMARTS) is 1. The van der Waals surface area contributed by atoms with E-state index in [1.165, 1.54) is 18.3 Å². The average molecular weight is 327 g/mol. The number of carbonyl (C=O) groups excluding carboxylic acids is 2. The zero-order chi connectivity index (χ0) is 16.4. The van der Waals surface area contributed by atoms with Crippen LogP contribution in [0.4, 0.5) is 5.69 Å². The molecule has 0 unspecified atom stereocenters. The second kappa shape index (κ2) is 6.42. The zero-order valence-corrected chi connectivity index (χ0v) is 13.4. The molecule has 1 aromatic carbocycles. The van der Waals surface area contributed by atoms with Gasteiger partial charge in [-0.25, -0.2) is 4.98 Å². The van der Waals surface area contributed by atoms with Gasteiger partial charge in [0.05, 0.1) is 11.7 Å². The summed E-state index contributed by atoms with van der Waals surface area (Å²) in [5.41, 5.74) is 2.11. The highest BCUT2D eigenvalue weighted by atomic mass is 32.2. The smallest absolute Gasteiger partial charge is 0.237 e. The average Bonchev–Trinajstić information content (AvgIpc) is 2.88. The van der Waals surface area contributed by atoms with E-state index in [0.717, 1.165) is 29.4 Å². The van der Waals surface area contributed by atoms with Gasteiger partial charge < -0.3 is 14.8 Å². The molecule has 1 atom stereocenters. The van der Waals surface area contributed by atoms with Gasteiger partial charge in [-0.1, -0.05) is 30.0 Å². The van der Waals surface area contributed by atoms with Crippen molar-refractivity contribution in [3.63, 3.8) is 0 Å². The Morgan fingerprint density at radius 2 is 2.09 bits per heavy atom. The lowest BCUT2D eigenvalue weighted by Gasteiger charge is -2.22. The SMILES string of the molecule is C[C@H]1Cc2ccccc2N1C(=O)CSc1ncccc1C(=O)[O-]. The molecule has 1 amide bonds. The molecular formula is C17H15N2O3S-. The Kier molecular flexibility index (Phi) is 4.34. The van der Waals surface area contributed by atoms with Crippen molar-refractivity contribution < 1.29 is 14.7 Å². The maximum atomic E-state index is 12.6. The van der Waals surface area contributed by atoms with Crippen molar-refractivity contribution in [1.29, 1.82) is 0 Å². The number of aromatic nitrogens is 1. The van der Waals surface area contributed by atoms with E-state index in [1.807, 2.05) is 31.2 Å². The molecule has 2 aromatic rings. The molecule has 0 bridgehead atoms. The van der Waals surface area contributed by atoms with Crippen LogP contribution in [0.5, 0.6) is 0 Å². The third-order valence-electron chi connectivity index (χ3n) is 3.80. The van der Waals surface area contributed by atoms with Gasteiger partial charge in [-0.15, -0.1) is 0 Å². The Balaban J connectivity index is 1.75. The van der Waals surface area contributed by atoms with E-state index in [4.69, 9.17) is 0 Å².